The number of benzene rings is 3. The molecule has 2 nitrogen and oxygen atoms in total. The molecule has 0 aliphatic carbocycles. The number of rotatable bonds is 6. The minimum atomic E-state index is -3.05. The maximum atomic E-state index is 14.1. The van der Waals surface area contributed by atoms with Crippen LogP contribution in [0.25, 0.3) is 0 Å². The average molecular weight is 346 g/mol. The van der Waals surface area contributed by atoms with Crippen LogP contribution in [0.3, 0.4) is 0 Å². The fraction of sp³-hybridized carbons (Fsp3) is 0.0455. The minimum Gasteiger partial charge on any atom is -0.488 e. The number of hydrogen-bond donors (Lipinski definition) is 0. The highest BCUT2D eigenvalue weighted by atomic mass is 31.2. The van der Waals surface area contributed by atoms with E-state index in [0.29, 0.717) is 5.31 Å². The molecule has 0 aliphatic rings. The molecule has 3 rings (SSSR count). The lowest BCUT2D eigenvalue weighted by molar-refractivity contribution is 0.358. The lowest BCUT2D eigenvalue weighted by Crippen LogP contribution is -2.19. The first-order chi connectivity index (χ1) is 12.2. The Balaban J connectivity index is 2.02. The fourth-order valence-corrected chi connectivity index (χ4v) is 5.23. The lowest BCUT2D eigenvalue weighted by Gasteiger charge is -2.21. The van der Waals surface area contributed by atoms with Gasteiger partial charge in [-0.15, -0.1) is 5.73 Å². The fourth-order valence-electron chi connectivity index (χ4n) is 2.66. The van der Waals surface area contributed by atoms with Crippen molar-refractivity contribution < 1.29 is 9.30 Å². The summed E-state index contributed by atoms with van der Waals surface area (Å²) >= 11 is 0. The SMILES string of the molecule is C=C=C(COc1ccccc1)P(=O)(c1ccccc1)c1ccccc1. The van der Waals surface area contributed by atoms with Crippen molar-refractivity contribution >= 4 is 17.8 Å². The molecule has 0 fully saturated rings. The molecule has 25 heavy (non-hydrogen) atoms. The van der Waals surface area contributed by atoms with Crippen LogP contribution in [0.15, 0.2) is 109 Å². The lowest BCUT2D eigenvalue weighted by atomic mass is 10.3. The third-order valence-electron chi connectivity index (χ3n) is 3.94. The van der Waals surface area contributed by atoms with E-state index in [0.717, 1.165) is 16.4 Å². The first-order valence-electron chi connectivity index (χ1n) is 8.04. The van der Waals surface area contributed by atoms with Gasteiger partial charge in [-0.3, -0.25) is 0 Å². The second-order valence-corrected chi connectivity index (χ2v) is 8.30. The summed E-state index contributed by atoms with van der Waals surface area (Å²) in [5.74, 6) is 0.725. The van der Waals surface area contributed by atoms with E-state index in [1.165, 1.54) is 0 Å². The van der Waals surface area contributed by atoms with Gasteiger partial charge < -0.3 is 9.30 Å². The Morgan fingerprint density at radius 2 is 1.24 bits per heavy atom. The molecule has 0 atom stereocenters. The Morgan fingerprint density at radius 1 is 0.800 bits per heavy atom. The van der Waals surface area contributed by atoms with Crippen LogP contribution >= 0.6 is 7.14 Å². The van der Waals surface area contributed by atoms with Gasteiger partial charge in [0.25, 0.3) is 0 Å². The second-order valence-electron chi connectivity index (χ2n) is 5.51. The summed E-state index contributed by atoms with van der Waals surface area (Å²) in [6, 6.07) is 28.4. The average Bonchev–Trinajstić information content (AvgIpc) is 2.70. The molecule has 0 N–H and O–H groups in total. The molecule has 3 aromatic carbocycles. The van der Waals surface area contributed by atoms with E-state index in [-0.39, 0.29) is 6.61 Å². The Labute approximate surface area is 148 Å². The largest absolute Gasteiger partial charge is 0.488 e. The molecule has 0 saturated heterocycles. The van der Waals surface area contributed by atoms with Gasteiger partial charge in [0.15, 0.2) is 7.14 Å². The molecule has 0 heterocycles. The molecule has 0 bridgehead atoms. The van der Waals surface area contributed by atoms with Gasteiger partial charge in [0, 0.05) is 10.6 Å². The normalized spacial score (nSPS) is 10.7. The third kappa shape index (κ3) is 3.67. The van der Waals surface area contributed by atoms with Crippen molar-refractivity contribution in [1.29, 1.82) is 0 Å². The van der Waals surface area contributed by atoms with Crippen molar-refractivity contribution in [2.24, 2.45) is 0 Å². The summed E-state index contributed by atoms with van der Waals surface area (Å²) in [5, 5.41) is 2.07. The quantitative estimate of drug-likeness (QED) is 0.476. The maximum absolute atomic E-state index is 14.1. The monoisotopic (exact) mass is 346 g/mol. The summed E-state index contributed by atoms with van der Waals surface area (Å²) in [6.45, 7) is 3.95. The van der Waals surface area contributed by atoms with Crippen molar-refractivity contribution in [3.8, 4) is 5.75 Å². The van der Waals surface area contributed by atoms with Crippen molar-refractivity contribution in [1.82, 2.24) is 0 Å². The predicted octanol–water partition coefficient (Wildman–Crippen LogP) is 4.75. The summed E-state index contributed by atoms with van der Waals surface area (Å²) in [7, 11) is -3.05. The van der Waals surface area contributed by atoms with Gasteiger partial charge in [-0.25, -0.2) is 0 Å². The first kappa shape index (κ1) is 17.0. The standard InChI is InChI=1S/C22H19O2P/c1-2-20(18-24-19-12-6-3-7-13-19)25(23,21-14-8-4-9-15-21)22-16-10-5-11-17-22/h3-17H,1,18H2. The van der Waals surface area contributed by atoms with Gasteiger partial charge in [0.1, 0.15) is 12.4 Å². The van der Waals surface area contributed by atoms with Crippen LogP contribution in [0.2, 0.25) is 0 Å². The summed E-state index contributed by atoms with van der Waals surface area (Å²) in [5.41, 5.74) is 2.89. The van der Waals surface area contributed by atoms with E-state index in [1.54, 1.807) is 0 Å². The Bertz CT molecular complexity index is 869. The van der Waals surface area contributed by atoms with Crippen LogP contribution < -0.4 is 15.3 Å². The van der Waals surface area contributed by atoms with Gasteiger partial charge in [-0.05, 0) is 12.1 Å². The van der Waals surface area contributed by atoms with Gasteiger partial charge >= 0.3 is 0 Å². The highest BCUT2D eigenvalue weighted by Gasteiger charge is 2.32. The molecule has 0 saturated carbocycles. The van der Waals surface area contributed by atoms with E-state index in [2.05, 4.69) is 12.3 Å². The predicted molar refractivity (Wildman–Crippen MR) is 104 cm³/mol. The van der Waals surface area contributed by atoms with Gasteiger partial charge in [0.2, 0.25) is 0 Å². The highest BCUT2D eigenvalue weighted by molar-refractivity contribution is 7.82. The Morgan fingerprint density at radius 3 is 1.68 bits per heavy atom. The summed E-state index contributed by atoms with van der Waals surface area (Å²) in [4.78, 5) is 0. The van der Waals surface area contributed by atoms with Crippen LogP contribution in [-0.2, 0) is 4.57 Å². The Kier molecular flexibility index (Phi) is 5.36. The van der Waals surface area contributed by atoms with E-state index < -0.39 is 7.14 Å². The van der Waals surface area contributed by atoms with Crippen LogP contribution in [0, 0.1) is 0 Å². The highest BCUT2D eigenvalue weighted by Crippen LogP contribution is 2.51. The maximum Gasteiger partial charge on any atom is 0.177 e. The summed E-state index contributed by atoms with van der Waals surface area (Å²) in [6.07, 6.45) is 0. The number of para-hydroxylation sites is 1. The molecule has 124 valence electrons. The third-order valence-corrected chi connectivity index (χ3v) is 7.04. The van der Waals surface area contributed by atoms with Crippen LogP contribution in [0.4, 0.5) is 0 Å². The van der Waals surface area contributed by atoms with E-state index in [9.17, 15) is 4.57 Å². The molecule has 0 radical (unpaired) electrons. The number of hydrogen-bond acceptors (Lipinski definition) is 2. The van der Waals surface area contributed by atoms with Crippen LogP contribution in [0.1, 0.15) is 0 Å². The zero-order valence-electron chi connectivity index (χ0n) is 13.8. The minimum absolute atomic E-state index is 0.175. The van der Waals surface area contributed by atoms with E-state index in [4.69, 9.17) is 4.74 Å². The molecular formula is C22H19O2P. The molecular weight excluding hydrogens is 327 g/mol. The second kappa shape index (κ2) is 7.85. The molecule has 0 amide bonds. The van der Waals surface area contributed by atoms with E-state index >= 15 is 0 Å². The van der Waals surface area contributed by atoms with Crippen molar-refractivity contribution in [2.75, 3.05) is 6.61 Å². The zero-order valence-corrected chi connectivity index (χ0v) is 14.7. The van der Waals surface area contributed by atoms with Crippen LogP contribution in [-0.4, -0.2) is 6.61 Å². The molecule has 0 aliphatic heterocycles. The van der Waals surface area contributed by atoms with Crippen LogP contribution in [0.5, 0.6) is 5.75 Å². The molecule has 0 spiro atoms. The van der Waals surface area contributed by atoms with Gasteiger partial charge in [0.05, 0.1) is 5.31 Å². The van der Waals surface area contributed by atoms with Gasteiger partial charge in [-0.2, -0.15) is 0 Å². The molecule has 0 unspecified atom stereocenters. The molecule has 3 aromatic rings. The molecule has 3 heteroatoms. The first-order valence-corrected chi connectivity index (χ1v) is 9.74. The molecule has 0 aromatic heterocycles. The van der Waals surface area contributed by atoms with E-state index in [1.807, 2.05) is 91.0 Å². The van der Waals surface area contributed by atoms with Gasteiger partial charge in [-0.1, -0.05) is 85.4 Å². The smallest absolute Gasteiger partial charge is 0.177 e. The number of ether oxygens (including phenoxy) is 1. The topological polar surface area (TPSA) is 26.3 Å². The van der Waals surface area contributed by atoms with Crippen molar-refractivity contribution in [3.63, 3.8) is 0 Å². The summed E-state index contributed by atoms with van der Waals surface area (Å²) < 4.78 is 20.0. The van der Waals surface area contributed by atoms with Crippen molar-refractivity contribution in [2.45, 2.75) is 0 Å². The zero-order chi connectivity index (χ0) is 17.5. The van der Waals surface area contributed by atoms with Crippen molar-refractivity contribution in [3.05, 3.63) is 109 Å². The Hall–Kier alpha value is -2.79.